The van der Waals surface area contributed by atoms with Gasteiger partial charge in [-0.3, -0.25) is 19.9 Å². The third-order valence-electron chi connectivity index (χ3n) is 8.37. The summed E-state index contributed by atoms with van der Waals surface area (Å²) in [6.07, 6.45) is 10.2. The van der Waals surface area contributed by atoms with E-state index in [-0.39, 0.29) is 30.3 Å². The standard InChI is InChI=1S/C16H24N2O.C15H20N4O2.ClH/c1-2-16(12-18-9-1)19-15-5-3-13(4-6-15)14-7-10-17-11-8-14;20-14-4-3-13(15(21)19-14)18-11-1-2-12(17-9-11)10-5-7-16-8-6-10;/h3-6,14,16-18H,1-2,7-12H2;1-2,9-10,13,16,18H,3-8H2,(H,19,20,21);1H. The first kappa shape index (κ1) is 31.2. The van der Waals surface area contributed by atoms with Crippen molar-refractivity contribution in [3.05, 3.63) is 53.9 Å². The topological polar surface area (TPSA) is 116 Å². The number of carbonyl (C=O) groups excluding carboxylic acids is 2. The van der Waals surface area contributed by atoms with Crippen molar-refractivity contribution in [2.24, 2.45) is 0 Å². The van der Waals surface area contributed by atoms with Crippen LogP contribution in [0.1, 0.15) is 74.5 Å². The summed E-state index contributed by atoms with van der Waals surface area (Å²) in [5, 5.41) is 15.6. The molecule has 5 N–H and O–H groups in total. The van der Waals surface area contributed by atoms with Crippen LogP contribution in [0.25, 0.3) is 0 Å². The van der Waals surface area contributed by atoms with E-state index in [1.54, 1.807) is 6.20 Å². The first-order valence-corrected chi connectivity index (χ1v) is 15.1. The van der Waals surface area contributed by atoms with E-state index >= 15 is 0 Å². The van der Waals surface area contributed by atoms with E-state index in [1.165, 1.54) is 31.2 Å². The number of carbonyl (C=O) groups is 2. The molecule has 41 heavy (non-hydrogen) atoms. The summed E-state index contributed by atoms with van der Waals surface area (Å²) in [6, 6.07) is 12.4. The fourth-order valence-electron chi connectivity index (χ4n) is 5.97. The third kappa shape index (κ3) is 9.39. The highest BCUT2D eigenvalue weighted by Gasteiger charge is 2.26. The van der Waals surface area contributed by atoms with Crippen LogP contribution in [0.5, 0.6) is 5.75 Å². The molecule has 0 saturated carbocycles. The lowest BCUT2D eigenvalue weighted by Gasteiger charge is -2.25. The van der Waals surface area contributed by atoms with Crippen molar-refractivity contribution in [2.75, 3.05) is 44.6 Å². The van der Waals surface area contributed by atoms with E-state index in [0.717, 1.165) is 75.2 Å². The number of pyridine rings is 1. The number of nitrogens with one attached hydrogen (secondary N) is 5. The van der Waals surface area contributed by atoms with E-state index < -0.39 is 0 Å². The highest BCUT2D eigenvalue weighted by Crippen LogP contribution is 2.27. The molecule has 1 aromatic carbocycles. The molecular weight excluding hydrogens is 540 g/mol. The van der Waals surface area contributed by atoms with Crippen LogP contribution in [-0.2, 0) is 9.59 Å². The first-order chi connectivity index (χ1) is 19.6. The molecule has 9 nitrogen and oxygen atoms in total. The lowest BCUT2D eigenvalue weighted by molar-refractivity contribution is -0.133. The molecule has 4 saturated heterocycles. The average Bonchev–Trinajstić information content (AvgIpc) is 3.01. The minimum absolute atomic E-state index is 0. The maximum atomic E-state index is 11.7. The van der Waals surface area contributed by atoms with Crippen LogP contribution in [-0.4, -0.2) is 68.2 Å². The fourth-order valence-corrected chi connectivity index (χ4v) is 5.97. The Hall–Kier alpha value is -2.72. The number of nitrogens with zero attached hydrogens (tertiary/aromatic N) is 1. The summed E-state index contributed by atoms with van der Waals surface area (Å²) in [5.74, 6) is 1.82. The Labute approximate surface area is 249 Å². The SMILES string of the molecule is Cl.O=C1CCC(Nc2ccc(C3CCNCC3)nc2)C(=O)N1.c1cc(C2CCNCC2)ccc1OC1CCCNC1. The molecule has 0 spiro atoms. The van der Waals surface area contributed by atoms with Crippen LogP contribution >= 0.6 is 12.4 Å². The van der Waals surface area contributed by atoms with Crippen molar-refractivity contribution in [1.29, 1.82) is 0 Å². The molecule has 4 aliphatic rings. The minimum atomic E-state index is -0.353. The van der Waals surface area contributed by atoms with Gasteiger partial charge in [0.25, 0.3) is 0 Å². The van der Waals surface area contributed by atoms with E-state index in [2.05, 4.69) is 55.8 Å². The Balaban J connectivity index is 0.000000185. The van der Waals surface area contributed by atoms with Gasteiger partial charge in [-0.25, -0.2) is 0 Å². The van der Waals surface area contributed by atoms with Gasteiger partial charge < -0.3 is 26.0 Å². The smallest absolute Gasteiger partial charge is 0.249 e. The Morgan fingerprint density at radius 2 is 1.49 bits per heavy atom. The molecule has 4 fully saturated rings. The summed E-state index contributed by atoms with van der Waals surface area (Å²) in [7, 11) is 0. The van der Waals surface area contributed by atoms with Gasteiger partial charge >= 0.3 is 0 Å². The Kier molecular flexibility index (Phi) is 12.2. The predicted molar refractivity (Wildman–Crippen MR) is 164 cm³/mol. The molecule has 4 aliphatic heterocycles. The monoisotopic (exact) mass is 584 g/mol. The zero-order valence-corrected chi connectivity index (χ0v) is 24.6. The quantitative estimate of drug-likeness (QED) is 0.328. The molecule has 5 heterocycles. The van der Waals surface area contributed by atoms with E-state index in [0.29, 0.717) is 24.9 Å². The third-order valence-corrected chi connectivity index (χ3v) is 8.37. The normalized spacial score (nSPS) is 23.8. The largest absolute Gasteiger partial charge is 0.489 e. The number of halogens is 1. The molecule has 0 bridgehead atoms. The molecule has 6 rings (SSSR count). The van der Waals surface area contributed by atoms with E-state index in [9.17, 15) is 9.59 Å². The molecule has 0 radical (unpaired) electrons. The first-order valence-electron chi connectivity index (χ1n) is 15.1. The number of ether oxygens (including phenoxy) is 1. The maximum Gasteiger partial charge on any atom is 0.249 e. The minimum Gasteiger partial charge on any atom is -0.489 e. The van der Waals surface area contributed by atoms with E-state index in [4.69, 9.17) is 4.74 Å². The molecule has 2 aromatic rings. The van der Waals surface area contributed by atoms with Crippen LogP contribution in [0.4, 0.5) is 5.69 Å². The second-order valence-electron chi connectivity index (χ2n) is 11.3. The predicted octanol–water partition coefficient (Wildman–Crippen LogP) is 3.47. The van der Waals surface area contributed by atoms with Gasteiger partial charge in [-0.1, -0.05) is 12.1 Å². The van der Waals surface area contributed by atoms with Gasteiger partial charge in [-0.15, -0.1) is 12.4 Å². The summed E-state index contributed by atoms with van der Waals surface area (Å²) in [5.41, 5.74) is 3.41. The molecule has 2 amide bonds. The molecular formula is C31H45ClN6O3. The van der Waals surface area contributed by atoms with Crippen LogP contribution in [0.2, 0.25) is 0 Å². The average molecular weight is 585 g/mol. The van der Waals surface area contributed by atoms with Gasteiger partial charge in [0.2, 0.25) is 11.8 Å². The van der Waals surface area contributed by atoms with Gasteiger partial charge in [0.1, 0.15) is 17.9 Å². The molecule has 0 aliphatic carbocycles. The van der Waals surface area contributed by atoms with Gasteiger partial charge in [0, 0.05) is 24.6 Å². The second kappa shape index (κ2) is 16.1. The van der Waals surface area contributed by atoms with Crippen molar-refractivity contribution < 1.29 is 14.3 Å². The highest BCUT2D eigenvalue weighted by molar-refractivity contribution is 6.01. The summed E-state index contributed by atoms with van der Waals surface area (Å²) < 4.78 is 6.02. The van der Waals surface area contributed by atoms with Crippen molar-refractivity contribution >= 4 is 29.9 Å². The molecule has 10 heteroatoms. The summed E-state index contributed by atoms with van der Waals surface area (Å²) in [4.78, 5) is 27.3. The van der Waals surface area contributed by atoms with Crippen LogP contribution in [0.3, 0.4) is 0 Å². The zero-order chi connectivity index (χ0) is 27.6. The Morgan fingerprint density at radius 1 is 0.780 bits per heavy atom. The Bertz CT molecular complexity index is 1080. The van der Waals surface area contributed by atoms with Crippen molar-refractivity contribution in [3.8, 4) is 5.75 Å². The molecule has 1 aromatic heterocycles. The van der Waals surface area contributed by atoms with Crippen LogP contribution < -0.4 is 31.3 Å². The number of hydrogen-bond donors (Lipinski definition) is 5. The second-order valence-corrected chi connectivity index (χ2v) is 11.3. The number of imide groups is 1. The van der Waals surface area contributed by atoms with Gasteiger partial charge in [0.15, 0.2) is 0 Å². The zero-order valence-electron chi connectivity index (χ0n) is 23.8. The lowest BCUT2D eigenvalue weighted by Crippen LogP contribution is -2.47. The molecule has 2 atom stereocenters. The lowest BCUT2D eigenvalue weighted by atomic mass is 9.90. The Morgan fingerprint density at radius 3 is 2.10 bits per heavy atom. The number of anilines is 1. The summed E-state index contributed by atoms with van der Waals surface area (Å²) >= 11 is 0. The number of hydrogen-bond acceptors (Lipinski definition) is 8. The van der Waals surface area contributed by atoms with Crippen LogP contribution in [0, 0.1) is 0 Å². The van der Waals surface area contributed by atoms with Gasteiger partial charge in [-0.2, -0.15) is 0 Å². The number of benzene rings is 1. The van der Waals surface area contributed by atoms with Crippen molar-refractivity contribution in [1.82, 2.24) is 26.3 Å². The van der Waals surface area contributed by atoms with Crippen molar-refractivity contribution in [2.45, 2.75) is 75.3 Å². The van der Waals surface area contributed by atoms with Gasteiger partial charge in [-0.05, 0) is 113 Å². The molecule has 224 valence electrons. The number of rotatable bonds is 6. The fraction of sp³-hybridized carbons (Fsp3) is 0.581. The van der Waals surface area contributed by atoms with E-state index in [1.807, 2.05) is 12.1 Å². The highest BCUT2D eigenvalue weighted by atomic mass is 35.5. The summed E-state index contributed by atoms with van der Waals surface area (Å²) in [6.45, 7) is 6.50. The number of amides is 2. The van der Waals surface area contributed by atoms with Crippen molar-refractivity contribution in [3.63, 3.8) is 0 Å². The number of piperidine rings is 4. The van der Waals surface area contributed by atoms with Crippen LogP contribution in [0.15, 0.2) is 42.6 Å². The number of aromatic nitrogens is 1. The molecule has 2 unspecified atom stereocenters. The van der Waals surface area contributed by atoms with Gasteiger partial charge in [0.05, 0.1) is 11.9 Å². The maximum absolute atomic E-state index is 11.7.